The van der Waals surface area contributed by atoms with Gasteiger partial charge in [-0.05, 0) is 51.0 Å². The quantitative estimate of drug-likeness (QED) is 0.922. The van der Waals surface area contributed by atoms with Crippen LogP contribution in [0.3, 0.4) is 0 Å². The minimum Gasteiger partial charge on any atom is -0.362 e. The summed E-state index contributed by atoms with van der Waals surface area (Å²) >= 11 is 0. The lowest BCUT2D eigenvalue weighted by atomic mass is 10.1. The molecule has 1 fully saturated rings. The number of carbonyl (C=O) groups is 2. The van der Waals surface area contributed by atoms with E-state index >= 15 is 0 Å². The molecule has 0 bridgehead atoms. The smallest absolute Gasteiger partial charge is 0.253 e. The van der Waals surface area contributed by atoms with Crippen molar-refractivity contribution in [3.8, 4) is 0 Å². The molecule has 2 heterocycles. The molecular formula is C21H27N3O2. The van der Waals surface area contributed by atoms with E-state index < -0.39 is 0 Å². The molecule has 1 aromatic carbocycles. The van der Waals surface area contributed by atoms with Crippen molar-refractivity contribution in [1.29, 1.82) is 0 Å². The number of rotatable bonds is 3. The van der Waals surface area contributed by atoms with E-state index in [9.17, 15) is 9.59 Å². The van der Waals surface area contributed by atoms with Crippen molar-refractivity contribution in [1.82, 2.24) is 14.8 Å². The monoisotopic (exact) mass is 353 g/mol. The Kier molecular flexibility index (Phi) is 5.45. The number of aryl methyl sites for hydroxylation is 3. The van der Waals surface area contributed by atoms with Crippen LogP contribution in [0.1, 0.15) is 39.3 Å². The van der Waals surface area contributed by atoms with Gasteiger partial charge in [-0.25, -0.2) is 0 Å². The molecule has 5 heteroatoms. The summed E-state index contributed by atoms with van der Waals surface area (Å²) in [5.74, 6) is 0.188. The van der Waals surface area contributed by atoms with Crippen LogP contribution in [-0.4, -0.2) is 52.8 Å². The van der Waals surface area contributed by atoms with Crippen molar-refractivity contribution in [2.75, 3.05) is 26.2 Å². The zero-order chi connectivity index (χ0) is 18.7. The molecule has 3 rings (SSSR count). The van der Waals surface area contributed by atoms with Crippen LogP contribution < -0.4 is 0 Å². The fraction of sp³-hybridized carbons (Fsp3) is 0.429. The Hall–Kier alpha value is -2.56. The number of carbonyl (C=O) groups excluding carboxylic acids is 2. The molecule has 1 aliphatic heterocycles. The molecule has 1 saturated heterocycles. The van der Waals surface area contributed by atoms with E-state index in [4.69, 9.17) is 0 Å². The summed E-state index contributed by atoms with van der Waals surface area (Å²) in [6.07, 6.45) is 1.23. The Bertz CT molecular complexity index is 792. The molecular weight excluding hydrogens is 326 g/mol. The molecule has 0 spiro atoms. The summed E-state index contributed by atoms with van der Waals surface area (Å²) < 4.78 is 0. The summed E-state index contributed by atoms with van der Waals surface area (Å²) in [5.41, 5.74) is 5.06. The minimum absolute atomic E-state index is 0.0522. The summed E-state index contributed by atoms with van der Waals surface area (Å²) in [6.45, 7) is 8.60. The predicted octanol–water partition coefficient (Wildman–Crippen LogP) is 2.86. The average Bonchev–Trinajstić information content (AvgIpc) is 2.81. The van der Waals surface area contributed by atoms with Crippen LogP contribution in [0.25, 0.3) is 0 Å². The standard InChI is InChI=1S/C21H27N3O2/c1-15-5-7-18(8-6-15)21(26)24-10-4-9-23(11-12-24)20(25)14-19-13-16(2)22-17(19)3/h5-8,13,22H,4,9-12,14H2,1-3H3. The summed E-state index contributed by atoms with van der Waals surface area (Å²) in [6, 6.07) is 9.72. The first kappa shape index (κ1) is 18.2. The number of nitrogens with zero attached hydrogens (tertiary/aromatic N) is 2. The molecule has 0 radical (unpaired) electrons. The van der Waals surface area contributed by atoms with E-state index in [-0.39, 0.29) is 11.8 Å². The number of hydrogen-bond donors (Lipinski definition) is 1. The summed E-state index contributed by atoms with van der Waals surface area (Å²) in [4.78, 5) is 32.4. The molecule has 0 unspecified atom stereocenters. The van der Waals surface area contributed by atoms with Gasteiger partial charge in [-0.15, -0.1) is 0 Å². The fourth-order valence-electron chi connectivity index (χ4n) is 3.49. The Balaban J connectivity index is 1.60. The van der Waals surface area contributed by atoms with Gasteiger partial charge < -0.3 is 14.8 Å². The van der Waals surface area contributed by atoms with Crippen molar-refractivity contribution in [3.05, 3.63) is 58.4 Å². The molecule has 0 aliphatic carbocycles. The van der Waals surface area contributed by atoms with Crippen LogP contribution >= 0.6 is 0 Å². The Morgan fingerprint density at radius 1 is 0.962 bits per heavy atom. The van der Waals surface area contributed by atoms with Crippen LogP contribution in [-0.2, 0) is 11.2 Å². The lowest BCUT2D eigenvalue weighted by Crippen LogP contribution is -2.38. The lowest BCUT2D eigenvalue weighted by molar-refractivity contribution is -0.130. The van der Waals surface area contributed by atoms with Crippen LogP contribution in [0.4, 0.5) is 0 Å². The first-order chi connectivity index (χ1) is 12.4. The van der Waals surface area contributed by atoms with Crippen molar-refractivity contribution in [3.63, 3.8) is 0 Å². The fourth-order valence-corrected chi connectivity index (χ4v) is 3.49. The zero-order valence-corrected chi connectivity index (χ0v) is 15.8. The molecule has 2 aromatic rings. The van der Waals surface area contributed by atoms with Gasteiger partial charge >= 0.3 is 0 Å². The average molecular weight is 353 g/mol. The summed E-state index contributed by atoms with van der Waals surface area (Å²) in [7, 11) is 0. The maximum absolute atomic E-state index is 12.7. The van der Waals surface area contributed by atoms with E-state index in [2.05, 4.69) is 4.98 Å². The molecule has 5 nitrogen and oxygen atoms in total. The highest BCUT2D eigenvalue weighted by atomic mass is 16.2. The molecule has 1 N–H and O–H groups in total. The third-order valence-electron chi connectivity index (χ3n) is 5.03. The second-order valence-corrected chi connectivity index (χ2v) is 7.17. The van der Waals surface area contributed by atoms with Crippen LogP contribution in [0.15, 0.2) is 30.3 Å². The number of hydrogen-bond acceptors (Lipinski definition) is 2. The number of amides is 2. The Morgan fingerprint density at radius 2 is 1.62 bits per heavy atom. The van der Waals surface area contributed by atoms with Gasteiger partial charge in [0.15, 0.2) is 0 Å². The van der Waals surface area contributed by atoms with E-state index in [1.807, 2.05) is 60.9 Å². The lowest BCUT2D eigenvalue weighted by Gasteiger charge is -2.22. The van der Waals surface area contributed by atoms with E-state index in [1.54, 1.807) is 0 Å². The SMILES string of the molecule is Cc1ccc(C(=O)N2CCCN(C(=O)Cc3cc(C)[nH]c3C)CC2)cc1. The van der Waals surface area contributed by atoms with Gasteiger partial charge in [-0.2, -0.15) is 0 Å². The summed E-state index contributed by atoms with van der Waals surface area (Å²) in [5, 5.41) is 0. The van der Waals surface area contributed by atoms with E-state index in [0.29, 0.717) is 38.2 Å². The largest absolute Gasteiger partial charge is 0.362 e. The van der Waals surface area contributed by atoms with Gasteiger partial charge in [-0.3, -0.25) is 9.59 Å². The number of benzene rings is 1. The molecule has 0 saturated carbocycles. The van der Waals surface area contributed by atoms with Crippen LogP contribution in [0.5, 0.6) is 0 Å². The van der Waals surface area contributed by atoms with Crippen molar-refractivity contribution in [2.45, 2.75) is 33.6 Å². The zero-order valence-electron chi connectivity index (χ0n) is 15.8. The Labute approximate surface area is 155 Å². The minimum atomic E-state index is 0.0522. The second kappa shape index (κ2) is 7.77. The third-order valence-corrected chi connectivity index (χ3v) is 5.03. The maximum Gasteiger partial charge on any atom is 0.253 e. The predicted molar refractivity (Wildman–Crippen MR) is 102 cm³/mol. The Morgan fingerprint density at radius 3 is 2.27 bits per heavy atom. The number of nitrogens with one attached hydrogen (secondary N) is 1. The molecule has 26 heavy (non-hydrogen) atoms. The van der Waals surface area contributed by atoms with E-state index in [0.717, 1.165) is 28.9 Å². The molecule has 0 atom stereocenters. The number of aromatic amines is 1. The highest BCUT2D eigenvalue weighted by Gasteiger charge is 2.23. The molecule has 1 aliphatic rings. The van der Waals surface area contributed by atoms with Gasteiger partial charge in [0.1, 0.15) is 0 Å². The van der Waals surface area contributed by atoms with E-state index in [1.165, 1.54) is 0 Å². The van der Waals surface area contributed by atoms with Crippen LogP contribution in [0.2, 0.25) is 0 Å². The number of aromatic nitrogens is 1. The normalized spacial score (nSPS) is 15.0. The van der Waals surface area contributed by atoms with Crippen LogP contribution in [0, 0.1) is 20.8 Å². The topological polar surface area (TPSA) is 56.4 Å². The van der Waals surface area contributed by atoms with Crippen molar-refractivity contribution in [2.24, 2.45) is 0 Å². The molecule has 2 amide bonds. The van der Waals surface area contributed by atoms with Gasteiger partial charge in [0.2, 0.25) is 5.91 Å². The molecule has 1 aromatic heterocycles. The second-order valence-electron chi connectivity index (χ2n) is 7.17. The first-order valence-corrected chi connectivity index (χ1v) is 9.23. The van der Waals surface area contributed by atoms with Gasteiger partial charge in [0, 0.05) is 43.1 Å². The maximum atomic E-state index is 12.7. The van der Waals surface area contributed by atoms with Gasteiger partial charge in [-0.1, -0.05) is 17.7 Å². The van der Waals surface area contributed by atoms with Crippen molar-refractivity contribution < 1.29 is 9.59 Å². The third kappa shape index (κ3) is 4.15. The van der Waals surface area contributed by atoms with Crippen molar-refractivity contribution >= 4 is 11.8 Å². The molecule has 138 valence electrons. The first-order valence-electron chi connectivity index (χ1n) is 9.23. The highest BCUT2D eigenvalue weighted by Crippen LogP contribution is 2.14. The van der Waals surface area contributed by atoms with Gasteiger partial charge in [0.05, 0.1) is 6.42 Å². The number of H-pyrrole nitrogens is 1. The highest BCUT2D eigenvalue weighted by molar-refractivity contribution is 5.94. The van der Waals surface area contributed by atoms with Gasteiger partial charge in [0.25, 0.3) is 5.91 Å².